The van der Waals surface area contributed by atoms with Gasteiger partial charge in [0.25, 0.3) is 0 Å². The van der Waals surface area contributed by atoms with Crippen molar-refractivity contribution in [3.8, 4) is 0 Å². The number of allylic oxidation sites excluding steroid dienone is 1. The van der Waals surface area contributed by atoms with Crippen molar-refractivity contribution >= 4 is 24.4 Å². The van der Waals surface area contributed by atoms with Gasteiger partial charge in [0.05, 0.1) is 0 Å². The topological polar surface area (TPSA) is 49.4 Å². The molecule has 0 bridgehead atoms. The van der Waals surface area contributed by atoms with Gasteiger partial charge in [0.1, 0.15) is 6.04 Å². The molecule has 0 saturated carbocycles. The van der Waals surface area contributed by atoms with Crippen molar-refractivity contribution in [2.45, 2.75) is 25.8 Å². The minimum absolute atomic E-state index is 0.103. The zero-order chi connectivity index (χ0) is 12.6. The summed E-state index contributed by atoms with van der Waals surface area (Å²) in [6.45, 7) is 5.67. The van der Waals surface area contributed by atoms with Crippen molar-refractivity contribution in [1.82, 2.24) is 10.2 Å². The summed E-state index contributed by atoms with van der Waals surface area (Å²) in [5.41, 5.74) is 0. The molecule has 0 heterocycles. The lowest BCUT2D eigenvalue weighted by molar-refractivity contribution is -0.134. The Balaban J connectivity index is 4.15. The second-order valence-electron chi connectivity index (χ2n) is 3.63. The van der Waals surface area contributed by atoms with Crippen molar-refractivity contribution in [1.29, 1.82) is 0 Å². The number of hydrogen-bond donors (Lipinski definition) is 2. The molecule has 0 aliphatic rings. The van der Waals surface area contributed by atoms with Crippen LogP contribution in [-0.4, -0.2) is 42.1 Å². The highest BCUT2D eigenvalue weighted by Crippen LogP contribution is 1.99. The van der Waals surface area contributed by atoms with Crippen LogP contribution in [0.5, 0.6) is 0 Å². The Morgan fingerprint density at radius 3 is 2.62 bits per heavy atom. The molecule has 4 nitrogen and oxygen atoms in total. The van der Waals surface area contributed by atoms with Crippen molar-refractivity contribution < 1.29 is 9.59 Å². The quantitative estimate of drug-likeness (QED) is 0.396. The minimum Gasteiger partial charge on any atom is -0.344 e. The number of likely N-dealkylation sites (N-methyl/N-ethyl adjacent to an activating group) is 1. The number of rotatable bonds is 7. The fraction of sp³-hybridized carbons (Fsp3) is 0.636. The molecule has 0 aliphatic heterocycles. The Morgan fingerprint density at radius 2 is 2.19 bits per heavy atom. The number of nitrogens with one attached hydrogen (secondary N) is 1. The van der Waals surface area contributed by atoms with Crippen LogP contribution in [0.1, 0.15) is 19.8 Å². The normalized spacial score (nSPS) is 11.7. The molecule has 1 atom stereocenters. The molecule has 16 heavy (non-hydrogen) atoms. The van der Waals surface area contributed by atoms with Gasteiger partial charge >= 0.3 is 0 Å². The summed E-state index contributed by atoms with van der Waals surface area (Å²) in [4.78, 5) is 24.3. The molecular formula is C11H20N2O2S. The van der Waals surface area contributed by atoms with Crippen LogP contribution in [-0.2, 0) is 9.59 Å². The molecular weight excluding hydrogens is 224 g/mol. The zero-order valence-electron chi connectivity index (χ0n) is 9.90. The molecule has 0 aromatic heterocycles. The van der Waals surface area contributed by atoms with Gasteiger partial charge in [-0.05, 0) is 12.8 Å². The summed E-state index contributed by atoms with van der Waals surface area (Å²) >= 11 is 4.06. The molecule has 2 amide bonds. The summed E-state index contributed by atoms with van der Waals surface area (Å²) < 4.78 is 0. The molecule has 0 aromatic rings. The fourth-order valence-corrected chi connectivity index (χ4v) is 1.53. The molecule has 1 N–H and O–H groups in total. The molecule has 0 rings (SSSR count). The average Bonchev–Trinajstić information content (AvgIpc) is 2.24. The maximum absolute atomic E-state index is 11.8. The van der Waals surface area contributed by atoms with E-state index in [2.05, 4.69) is 24.5 Å². The first kappa shape index (κ1) is 15.0. The highest BCUT2D eigenvalue weighted by Gasteiger charge is 2.20. The molecule has 0 aromatic carbocycles. The lowest BCUT2D eigenvalue weighted by Gasteiger charge is -2.22. The Hall–Kier alpha value is -0.970. The molecule has 0 aliphatic carbocycles. The minimum atomic E-state index is -0.533. The van der Waals surface area contributed by atoms with E-state index in [1.165, 1.54) is 6.92 Å². The summed E-state index contributed by atoms with van der Waals surface area (Å²) in [6.07, 6.45) is 3.58. The largest absolute Gasteiger partial charge is 0.344 e. The Bertz CT molecular complexity index is 256. The second kappa shape index (κ2) is 8.21. The number of thiol groups is 1. The van der Waals surface area contributed by atoms with Crippen molar-refractivity contribution in [3.63, 3.8) is 0 Å². The number of carbonyl (C=O) groups excluding carboxylic acids is 2. The van der Waals surface area contributed by atoms with E-state index in [1.807, 2.05) is 6.08 Å². The van der Waals surface area contributed by atoms with E-state index in [0.29, 0.717) is 12.3 Å². The first-order chi connectivity index (χ1) is 7.52. The van der Waals surface area contributed by atoms with Gasteiger partial charge in [-0.2, -0.15) is 12.6 Å². The van der Waals surface area contributed by atoms with Crippen LogP contribution >= 0.6 is 12.6 Å². The van der Waals surface area contributed by atoms with Gasteiger partial charge in [-0.3, -0.25) is 9.59 Å². The van der Waals surface area contributed by atoms with E-state index < -0.39 is 6.04 Å². The van der Waals surface area contributed by atoms with Gasteiger partial charge in [0, 0.05) is 26.3 Å². The number of carbonyl (C=O) groups is 2. The van der Waals surface area contributed by atoms with Gasteiger partial charge in [0.2, 0.25) is 11.8 Å². The molecule has 5 heteroatoms. The summed E-state index contributed by atoms with van der Waals surface area (Å²) in [5.74, 6) is -0.00864. The third-order valence-electron chi connectivity index (χ3n) is 2.14. The molecule has 92 valence electrons. The average molecular weight is 244 g/mol. The van der Waals surface area contributed by atoms with Gasteiger partial charge in [-0.15, -0.1) is 6.58 Å². The van der Waals surface area contributed by atoms with E-state index in [4.69, 9.17) is 0 Å². The van der Waals surface area contributed by atoms with E-state index in [1.54, 1.807) is 11.9 Å². The Labute approximate surface area is 102 Å². The van der Waals surface area contributed by atoms with Gasteiger partial charge < -0.3 is 10.2 Å². The van der Waals surface area contributed by atoms with Crippen LogP contribution in [0.15, 0.2) is 12.7 Å². The van der Waals surface area contributed by atoms with Crippen molar-refractivity contribution in [3.05, 3.63) is 12.7 Å². The lowest BCUT2D eigenvalue weighted by atomic mass is 10.2. The molecule has 0 fully saturated rings. The Kier molecular flexibility index (Phi) is 7.72. The molecule has 0 radical (unpaired) electrons. The van der Waals surface area contributed by atoms with Crippen LogP contribution in [0, 0.1) is 0 Å². The zero-order valence-corrected chi connectivity index (χ0v) is 10.8. The van der Waals surface area contributed by atoms with Gasteiger partial charge in [-0.1, -0.05) is 6.08 Å². The summed E-state index contributed by atoms with van der Waals surface area (Å²) in [7, 11) is 1.73. The third-order valence-corrected chi connectivity index (χ3v) is 2.50. The Morgan fingerprint density at radius 1 is 1.56 bits per heavy atom. The second-order valence-corrected chi connectivity index (χ2v) is 3.99. The lowest BCUT2D eigenvalue weighted by Crippen LogP contribution is -2.48. The van der Waals surface area contributed by atoms with E-state index in [-0.39, 0.29) is 11.8 Å². The van der Waals surface area contributed by atoms with Crippen LogP contribution in [0.4, 0.5) is 0 Å². The van der Waals surface area contributed by atoms with Crippen molar-refractivity contribution in [2.24, 2.45) is 0 Å². The third kappa shape index (κ3) is 5.80. The van der Waals surface area contributed by atoms with Crippen LogP contribution in [0.3, 0.4) is 0 Å². The van der Waals surface area contributed by atoms with Gasteiger partial charge in [0.15, 0.2) is 0 Å². The SMILES string of the molecule is C=CCCCN(C)C(=O)C(CS)NC(C)=O. The predicted octanol–water partition coefficient (Wildman–Crippen LogP) is 0.846. The standard InChI is InChI=1S/C11H20N2O2S/c1-4-5-6-7-13(3)11(15)10(8-16)12-9(2)14/h4,10,16H,1,5-8H2,2-3H3,(H,12,14). The first-order valence-corrected chi connectivity index (χ1v) is 5.90. The highest BCUT2D eigenvalue weighted by molar-refractivity contribution is 7.80. The maximum Gasteiger partial charge on any atom is 0.245 e. The van der Waals surface area contributed by atoms with Crippen LogP contribution < -0.4 is 5.32 Å². The van der Waals surface area contributed by atoms with Crippen molar-refractivity contribution in [2.75, 3.05) is 19.3 Å². The smallest absolute Gasteiger partial charge is 0.245 e. The summed E-state index contributed by atoms with van der Waals surface area (Å²) in [6, 6.07) is -0.533. The first-order valence-electron chi connectivity index (χ1n) is 5.26. The molecule has 0 spiro atoms. The fourth-order valence-electron chi connectivity index (χ4n) is 1.28. The molecule has 1 unspecified atom stereocenters. The highest BCUT2D eigenvalue weighted by atomic mass is 32.1. The molecule has 0 saturated heterocycles. The summed E-state index contributed by atoms with van der Waals surface area (Å²) in [5, 5.41) is 2.57. The van der Waals surface area contributed by atoms with Crippen LogP contribution in [0.25, 0.3) is 0 Å². The maximum atomic E-state index is 11.8. The predicted molar refractivity (Wildman–Crippen MR) is 68.5 cm³/mol. The van der Waals surface area contributed by atoms with E-state index in [9.17, 15) is 9.59 Å². The van der Waals surface area contributed by atoms with Gasteiger partial charge in [-0.25, -0.2) is 0 Å². The monoisotopic (exact) mass is 244 g/mol. The van der Waals surface area contributed by atoms with E-state index in [0.717, 1.165) is 12.8 Å². The van der Waals surface area contributed by atoms with Crippen LogP contribution in [0.2, 0.25) is 0 Å². The number of unbranched alkanes of at least 4 members (excludes halogenated alkanes) is 1. The number of nitrogens with zero attached hydrogens (tertiary/aromatic N) is 1. The van der Waals surface area contributed by atoms with E-state index >= 15 is 0 Å². The number of hydrogen-bond acceptors (Lipinski definition) is 3. The number of amides is 2.